The minimum absolute atomic E-state index is 0.178. The maximum Gasteiger partial charge on any atom is 0.250 e. The molecule has 3 heteroatoms. The van der Waals surface area contributed by atoms with Crippen molar-refractivity contribution in [3.05, 3.63) is 65.4 Å². The highest BCUT2D eigenvalue weighted by atomic mass is 28.4. The summed E-state index contributed by atoms with van der Waals surface area (Å²) in [4.78, 5) is 0. The van der Waals surface area contributed by atoms with Crippen molar-refractivity contribution in [3.8, 4) is 5.75 Å². The zero-order chi connectivity index (χ0) is 19.1. The Kier molecular flexibility index (Phi) is 4.78. The zero-order valence-corrected chi connectivity index (χ0v) is 18.2. The summed E-state index contributed by atoms with van der Waals surface area (Å²) in [6.45, 7) is 16.7. The van der Waals surface area contributed by atoms with Crippen LogP contribution < -0.4 is 4.43 Å². The molecule has 0 spiro atoms. The molecule has 0 unspecified atom stereocenters. The van der Waals surface area contributed by atoms with Crippen LogP contribution in [0.15, 0.2) is 48.5 Å². The second kappa shape index (κ2) is 6.62. The van der Waals surface area contributed by atoms with E-state index in [2.05, 4.69) is 101 Å². The lowest BCUT2D eigenvalue weighted by Crippen LogP contribution is -2.44. The lowest BCUT2D eigenvalue weighted by atomic mass is 10.1. The first kappa shape index (κ1) is 18.8. The van der Waals surface area contributed by atoms with Gasteiger partial charge in [0.15, 0.2) is 0 Å². The molecule has 26 heavy (non-hydrogen) atoms. The Hall–Kier alpha value is -2.00. The van der Waals surface area contributed by atoms with E-state index in [0.717, 1.165) is 12.3 Å². The van der Waals surface area contributed by atoms with Crippen LogP contribution in [0.3, 0.4) is 0 Å². The maximum absolute atomic E-state index is 6.80. The lowest BCUT2D eigenvalue weighted by molar-refractivity contribution is 0.490. The summed E-state index contributed by atoms with van der Waals surface area (Å²) in [7, 11) is -1.90. The van der Waals surface area contributed by atoms with Gasteiger partial charge in [-0.3, -0.25) is 0 Å². The Morgan fingerprint density at radius 2 is 1.62 bits per heavy atom. The van der Waals surface area contributed by atoms with Crippen LogP contribution in [0, 0.1) is 13.8 Å². The third kappa shape index (κ3) is 3.45. The van der Waals surface area contributed by atoms with Crippen molar-refractivity contribution in [2.75, 3.05) is 0 Å². The normalized spacial score (nSPS) is 12.6. The monoisotopic (exact) mass is 365 g/mol. The van der Waals surface area contributed by atoms with Crippen LogP contribution in [0.5, 0.6) is 5.75 Å². The topological polar surface area (TPSA) is 14.2 Å². The van der Waals surface area contributed by atoms with E-state index >= 15 is 0 Å². The third-order valence-electron chi connectivity index (χ3n) is 5.77. The zero-order valence-electron chi connectivity index (χ0n) is 17.2. The van der Waals surface area contributed by atoms with Gasteiger partial charge in [-0.1, -0.05) is 62.7 Å². The number of benzene rings is 2. The molecule has 0 N–H and O–H groups in total. The molecule has 0 saturated carbocycles. The SMILES string of the molecule is Cc1ccc2c(c1)c(O[Si](C)(C)C(C)(C)C)c(C)n2Cc1ccccc1. The summed E-state index contributed by atoms with van der Waals surface area (Å²) in [6.07, 6.45) is 0. The van der Waals surface area contributed by atoms with Gasteiger partial charge in [0, 0.05) is 11.9 Å². The van der Waals surface area contributed by atoms with Gasteiger partial charge in [0.25, 0.3) is 8.32 Å². The molecule has 0 aliphatic carbocycles. The Balaban J connectivity index is 2.14. The van der Waals surface area contributed by atoms with Crippen molar-refractivity contribution in [2.24, 2.45) is 0 Å². The molecule has 0 atom stereocenters. The van der Waals surface area contributed by atoms with E-state index in [1.54, 1.807) is 0 Å². The average Bonchev–Trinajstić information content (AvgIpc) is 2.80. The molecule has 2 nitrogen and oxygen atoms in total. The van der Waals surface area contributed by atoms with Crippen LogP contribution in [-0.2, 0) is 6.54 Å². The summed E-state index contributed by atoms with van der Waals surface area (Å²) in [5.74, 6) is 1.08. The molecule has 138 valence electrons. The van der Waals surface area contributed by atoms with Crippen LogP contribution in [0.2, 0.25) is 18.1 Å². The Labute approximate surface area is 158 Å². The fraction of sp³-hybridized carbons (Fsp3) is 0.391. The molecular formula is C23H31NOSi. The molecule has 3 rings (SSSR count). The number of nitrogens with zero attached hydrogens (tertiary/aromatic N) is 1. The average molecular weight is 366 g/mol. The number of aromatic nitrogens is 1. The second-order valence-corrected chi connectivity index (χ2v) is 13.6. The third-order valence-corrected chi connectivity index (χ3v) is 10.1. The van der Waals surface area contributed by atoms with Crippen molar-refractivity contribution in [1.82, 2.24) is 4.57 Å². The standard InChI is InChI=1S/C23H31NOSi/c1-17-13-14-21-20(15-17)22(25-26(6,7)23(3,4)5)18(2)24(21)16-19-11-9-8-10-12-19/h8-15H,16H2,1-7H3. The van der Waals surface area contributed by atoms with Crippen LogP contribution in [0.1, 0.15) is 37.6 Å². The first-order valence-corrected chi connectivity index (χ1v) is 12.3. The molecule has 0 radical (unpaired) electrons. The van der Waals surface area contributed by atoms with E-state index in [1.165, 1.54) is 27.7 Å². The summed E-state index contributed by atoms with van der Waals surface area (Å²) in [6, 6.07) is 17.4. The lowest BCUT2D eigenvalue weighted by Gasteiger charge is -2.36. The van der Waals surface area contributed by atoms with Crippen LogP contribution in [0.25, 0.3) is 10.9 Å². The second-order valence-electron chi connectivity index (χ2n) is 8.87. The van der Waals surface area contributed by atoms with Crippen molar-refractivity contribution >= 4 is 19.2 Å². The van der Waals surface area contributed by atoms with Gasteiger partial charge in [-0.15, -0.1) is 0 Å². The molecule has 0 amide bonds. The van der Waals surface area contributed by atoms with Gasteiger partial charge in [0.1, 0.15) is 5.75 Å². The van der Waals surface area contributed by atoms with E-state index in [4.69, 9.17) is 4.43 Å². The number of fused-ring (bicyclic) bond motifs is 1. The van der Waals surface area contributed by atoms with Gasteiger partial charge < -0.3 is 8.99 Å². The first-order chi connectivity index (χ1) is 12.1. The van der Waals surface area contributed by atoms with Gasteiger partial charge in [0.2, 0.25) is 0 Å². The van der Waals surface area contributed by atoms with Crippen molar-refractivity contribution in [2.45, 2.75) is 59.3 Å². The summed E-state index contributed by atoms with van der Waals surface area (Å²) in [5, 5.41) is 1.42. The molecule has 1 heterocycles. The highest BCUT2D eigenvalue weighted by Gasteiger charge is 2.40. The predicted octanol–water partition coefficient (Wildman–Crippen LogP) is 6.69. The van der Waals surface area contributed by atoms with Crippen LogP contribution >= 0.6 is 0 Å². The van der Waals surface area contributed by atoms with E-state index in [1.807, 2.05) is 0 Å². The van der Waals surface area contributed by atoms with E-state index in [9.17, 15) is 0 Å². The fourth-order valence-corrected chi connectivity index (χ4v) is 4.15. The maximum atomic E-state index is 6.80. The Morgan fingerprint density at radius 1 is 0.962 bits per heavy atom. The molecule has 0 aliphatic heterocycles. The van der Waals surface area contributed by atoms with Gasteiger partial charge in [-0.05, 0) is 49.7 Å². The van der Waals surface area contributed by atoms with Crippen molar-refractivity contribution < 1.29 is 4.43 Å². The summed E-state index contributed by atoms with van der Waals surface area (Å²) >= 11 is 0. The number of aryl methyl sites for hydroxylation is 1. The molecule has 0 saturated heterocycles. The minimum atomic E-state index is -1.90. The van der Waals surface area contributed by atoms with E-state index in [-0.39, 0.29) is 5.04 Å². The minimum Gasteiger partial charge on any atom is -0.542 e. The molecule has 0 fully saturated rings. The smallest absolute Gasteiger partial charge is 0.250 e. The largest absolute Gasteiger partial charge is 0.542 e. The highest BCUT2D eigenvalue weighted by molar-refractivity contribution is 6.74. The van der Waals surface area contributed by atoms with Crippen molar-refractivity contribution in [1.29, 1.82) is 0 Å². The fourth-order valence-electron chi connectivity index (χ4n) is 3.07. The first-order valence-electron chi connectivity index (χ1n) is 9.42. The van der Waals surface area contributed by atoms with Crippen LogP contribution in [0.4, 0.5) is 0 Å². The molecule has 0 aliphatic rings. The van der Waals surface area contributed by atoms with E-state index in [0.29, 0.717) is 0 Å². The Morgan fingerprint density at radius 3 is 2.23 bits per heavy atom. The molecule has 0 bridgehead atoms. The number of hydrogen-bond donors (Lipinski definition) is 0. The van der Waals surface area contributed by atoms with Gasteiger partial charge in [-0.25, -0.2) is 0 Å². The van der Waals surface area contributed by atoms with Gasteiger partial charge in [0.05, 0.1) is 11.2 Å². The molecule has 1 aromatic heterocycles. The molecule has 2 aromatic carbocycles. The van der Waals surface area contributed by atoms with Gasteiger partial charge in [-0.2, -0.15) is 0 Å². The molecule has 3 aromatic rings. The highest BCUT2D eigenvalue weighted by Crippen LogP contribution is 2.42. The van der Waals surface area contributed by atoms with Gasteiger partial charge >= 0.3 is 0 Å². The quantitative estimate of drug-likeness (QED) is 0.470. The summed E-state index contributed by atoms with van der Waals surface area (Å²) < 4.78 is 9.20. The Bertz CT molecular complexity index is 917. The number of rotatable bonds is 4. The van der Waals surface area contributed by atoms with Crippen LogP contribution in [-0.4, -0.2) is 12.9 Å². The van der Waals surface area contributed by atoms with Crippen molar-refractivity contribution in [3.63, 3.8) is 0 Å². The van der Waals surface area contributed by atoms with E-state index < -0.39 is 8.32 Å². The summed E-state index contributed by atoms with van der Waals surface area (Å²) in [5.41, 5.74) is 5.06. The number of hydrogen-bond acceptors (Lipinski definition) is 1. The molecular weight excluding hydrogens is 334 g/mol. The predicted molar refractivity (Wildman–Crippen MR) is 115 cm³/mol.